The quantitative estimate of drug-likeness (QED) is 0.551. The van der Waals surface area contributed by atoms with E-state index < -0.39 is 13.7 Å². The zero-order chi connectivity index (χ0) is 13.1. The number of primary amides is 1. The zero-order valence-corrected chi connectivity index (χ0v) is 9.92. The predicted octanol–water partition coefficient (Wildman–Crippen LogP) is 1.05. The number of allylic oxidation sites excluding steroid dienone is 1. The molecule has 92 valence electrons. The van der Waals surface area contributed by atoms with Crippen LogP contribution in [-0.2, 0) is 9.36 Å². The lowest BCUT2D eigenvalue weighted by molar-refractivity contribution is -0.113. The zero-order valence-electron chi connectivity index (χ0n) is 9.03. The van der Waals surface area contributed by atoms with Gasteiger partial charge in [0, 0.05) is 6.08 Å². The first-order chi connectivity index (χ1) is 7.78. The first-order valence-electron chi connectivity index (χ1n) is 4.61. The van der Waals surface area contributed by atoms with E-state index in [0.29, 0.717) is 11.1 Å². The van der Waals surface area contributed by atoms with Crippen molar-refractivity contribution in [2.75, 3.05) is 0 Å². The summed E-state index contributed by atoms with van der Waals surface area (Å²) in [5, 5.41) is 0. The van der Waals surface area contributed by atoms with Crippen LogP contribution in [0.4, 0.5) is 0 Å². The second kappa shape index (κ2) is 5.14. The van der Waals surface area contributed by atoms with Crippen LogP contribution in [-0.4, -0.2) is 15.7 Å². The third-order valence-electron chi connectivity index (χ3n) is 1.89. The van der Waals surface area contributed by atoms with Gasteiger partial charge in [-0.05, 0) is 30.2 Å². The predicted molar refractivity (Wildman–Crippen MR) is 62.0 cm³/mol. The average Bonchev–Trinajstić information content (AvgIpc) is 2.15. The van der Waals surface area contributed by atoms with E-state index >= 15 is 0 Å². The van der Waals surface area contributed by atoms with Gasteiger partial charge in [0.1, 0.15) is 5.75 Å². The number of carbonyl (C=O) groups is 1. The molecule has 0 saturated heterocycles. The summed E-state index contributed by atoms with van der Waals surface area (Å²) in [7, 11) is -4.54. The maximum atomic E-state index is 10.7. The Bertz CT molecular complexity index is 488. The molecular weight excluding hydrogens is 245 g/mol. The molecule has 0 saturated carbocycles. The van der Waals surface area contributed by atoms with Gasteiger partial charge in [0.15, 0.2) is 0 Å². The van der Waals surface area contributed by atoms with Gasteiger partial charge in [-0.3, -0.25) is 14.6 Å². The summed E-state index contributed by atoms with van der Waals surface area (Å²) in [6, 6.07) is 5.93. The van der Waals surface area contributed by atoms with Crippen LogP contribution in [0.25, 0.3) is 5.57 Å². The molecule has 1 amide bonds. The van der Waals surface area contributed by atoms with Crippen LogP contribution >= 0.6 is 7.82 Å². The fourth-order valence-corrected chi connectivity index (χ4v) is 1.61. The highest BCUT2D eigenvalue weighted by molar-refractivity contribution is 7.46. The van der Waals surface area contributed by atoms with Crippen LogP contribution in [0.2, 0.25) is 0 Å². The van der Waals surface area contributed by atoms with Gasteiger partial charge in [0.25, 0.3) is 0 Å². The second-order valence-corrected chi connectivity index (χ2v) is 4.50. The minimum absolute atomic E-state index is 0.0500. The maximum absolute atomic E-state index is 10.7. The van der Waals surface area contributed by atoms with E-state index in [1.807, 2.05) is 0 Å². The summed E-state index contributed by atoms with van der Waals surface area (Å²) >= 11 is 0. The summed E-state index contributed by atoms with van der Waals surface area (Å²) in [4.78, 5) is 27.8. The van der Waals surface area contributed by atoms with Crippen molar-refractivity contribution < 1.29 is 23.7 Å². The normalized spacial score (nSPS) is 12.3. The smallest absolute Gasteiger partial charge is 0.404 e. The SMILES string of the molecule is C/C(=C\C(N)=O)c1ccc(OP(=O)(O)O)cc1. The number of hydrogen-bond acceptors (Lipinski definition) is 3. The minimum Gasteiger partial charge on any atom is -0.404 e. The van der Waals surface area contributed by atoms with E-state index in [1.54, 1.807) is 19.1 Å². The molecule has 0 aromatic heterocycles. The van der Waals surface area contributed by atoms with Gasteiger partial charge in [-0.1, -0.05) is 12.1 Å². The Balaban J connectivity index is 2.89. The number of phosphoric ester groups is 1. The summed E-state index contributed by atoms with van der Waals surface area (Å²) in [5.74, 6) is -0.507. The maximum Gasteiger partial charge on any atom is 0.524 e. The van der Waals surface area contributed by atoms with Crippen LogP contribution in [0.1, 0.15) is 12.5 Å². The molecule has 0 heterocycles. The van der Waals surface area contributed by atoms with E-state index in [2.05, 4.69) is 4.52 Å². The van der Waals surface area contributed by atoms with Gasteiger partial charge in [-0.15, -0.1) is 0 Å². The van der Waals surface area contributed by atoms with Gasteiger partial charge in [-0.25, -0.2) is 4.57 Å². The second-order valence-electron chi connectivity index (χ2n) is 3.34. The topological polar surface area (TPSA) is 110 Å². The van der Waals surface area contributed by atoms with Gasteiger partial charge in [0.05, 0.1) is 0 Å². The highest BCUT2D eigenvalue weighted by Crippen LogP contribution is 2.37. The Morgan fingerprint density at radius 2 is 1.88 bits per heavy atom. The molecule has 0 aliphatic heterocycles. The third-order valence-corrected chi connectivity index (χ3v) is 2.34. The van der Waals surface area contributed by atoms with Crippen molar-refractivity contribution in [1.82, 2.24) is 0 Å². The molecule has 0 spiro atoms. The first-order valence-corrected chi connectivity index (χ1v) is 6.14. The number of amides is 1. The van der Waals surface area contributed by atoms with Gasteiger partial charge in [-0.2, -0.15) is 0 Å². The molecule has 4 N–H and O–H groups in total. The molecule has 0 radical (unpaired) electrons. The van der Waals surface area contributed by atoms with Crippen molar-refractivity contribution in [2.45, 2.75) is 6.92 Å². The highest BCUT2D eigenvalue weighted by atomic mass is 31.2. The molecule has 0 aliphatic rings. The fourth-order valence-electron chi connectivity index (χ4n) is 1.21. The number of rotatable bonds is 4. The number of carbonyl (C=O) groups excluding carboxylic acids is 1. The molecule has 0 fully saturated rings. The van der Waals surface area contributed by atoms with Crippen molar-refractivity contribution in [3.63, 3.8) is 0 Å². The Morgan fingerprint density at radius 1 is 1.35 bits per heavy atom. The lowest BCUT2D eigenvalue weighted by atomic mass is 10.1. The van der Waals surface area contributed by atoms with E-state index in [9.17, 15) is 9.36 Å². The minimum atomic E-state index is -4.54. The Hall–Kier alpha value is -1.62. The molecule has 1 aromatic carbocycles. The molecule has 0 bridgehead atoms. The van der Waals surface area contributed by atoms with Crippen LogP contribution in [0.3, 0.4) is 0 Å². The fraction of sp³-hybridized carbons (Fsp3) is 0.100. The molecule has 1 rings (SSSR count). The molecule has 1 aromatic rings. The molecule has 7 heteroatoms. The number of nitrogens with two attached hydrogens (primary N) is 1. The average molecular weight is 257 g/mol. The van der Waals surface area contributed by atoms with E-state index in [1.165, 1.54) is 18.2 Å². The summed E-state index contributed by atoms with van der Waals surface area (Å²) in [5.41, 5.74) is 6.36. The number of hydrogen-bond donors (Lipinski definition) is 3. The lowest BCUT2D eigenvalue weighted by Crippen LogP contribution is -2.06. The van der Waals surface area contributed by atoms with E-state index in [0.717, 1.165) is 0 Å². The van der Waals surface area contributed by atoms with Gasteiger partial charge >= 0.3 is 7.82 Å². The largest absolute Gasteiger partial charge is 0.524 e. The summed E-state index contributed by atoms with van der Waals surface area (Å²) in [6.45, 7) is 1.70. The van der Waals surface area contributed by atoms with Gasteiger partial charge in [0.2, 0.25) is 5.91 Å². The van der Waals surface area contributed by atoms with Crippen molar-refractivity contribution in [3.05, 3.63) is 35.9 Å². The summed E-state index contributed by atoms with van der Waals surface area (Å²) < 4.78 is 14.9. The van der Waals surface area contributed by atoms with Crippen LogP contribution in [0, 0.1) is 0 Å². The van der Waals surface area contributed by atoms with Crippen molar-refractivity contribution in [2.24, 2.45) is 5.73 Å². The van der Waals surface area contributed by atoms with Crippen LogP contribution in [0.15, 0.2) is 30.3 Å². The van der Waals surface area contributed by atoms with Crippen LogP contribution < -0.4 is 10.3 Å². The van der Waals surface area contributed by atoms with E-state index in [-0.39, 0.29) is 5.75 Å². The van der Waals surface area contributed by atoms with E-state index in [4.69, 9.17) is 15.5 Å². The standard InChI is InChI=1S/C10H12NO5P/c1-7(6-10(11)12)8-2-4-9(5-3-8)16-17(13,14)15/h2-6H,1H3,(H2,11,12)(H2,13,14,15)/b7-6+. The molecule has 6 nitrogen and oxygen atoms in total. The van der Waals surface area contributed by atoms with Crippen molar-refractivity contribution >= 4 is 19.3 Å². The number of benzene rings is 1. The first kappa shape index (κ1) is 13.4. The Morgan fingerprint density at radius 3 is 2.29 bits per heavy atom. The Kier molecular flexibility index (Phi) is 4.07. The molecule has 17 heavy (non-hydrogen) atoms. The van der Waals surface area contributed by atoms with Crippen molar-refractivity contribution in [1.29, 1.82) is 0 Å². The van der Waals surface area contributed by atoms with Gasteiger partial charge < -0.3 is 10.3 Å². The monoisotopic (exact) mass is 257 g/mol. The molecule has 0 atom stereocenters. The summed E-state index contributed by atoms with van der Waals surface area (Å²) in [6.07, 6.45) is 1.26. The molecule has 0 aliphatic carbocycles. The third kappa shape index (κ3) is 4.82. The van der Waals surface area contributed by atoms with Crippen LogP contribution in [0.5, 0.6) is 5.75 Å². The Labute approximate surface area is 98.0 Å². The number of phosphoric acid groups is 1. The molecular formula is C10H12NO5P. The molecule has 0 unspecified atom stereocenters. The highest BCUT2D eigenvalue weighted by Gasteiger charge is 2.15. The lowest BCUT2D eigenvalue weighted by Gasteiger charge is -2.07. The van der Waals surface area contributed by atoms with Crippen molar-refractivity contribution in [3.8, 4) is 5.75 Å².